The van der Waals surface area contributed by atoms with Crippen molar-refractivity contribution in [2.45, 2.75) is 86.5 Å². The Balaban J connectivity index is 1.69. The number of allylic oxidation sites excluding steroid dienone is 4. The first-order valence-electron chi connectivity index (χ1n) is 14.2. The van der Waals surface area contributed by atoms with Crippen LogP contribution in [0.2, 0.25) is 0 Å². The van der Waals surface area contributed by atoms with E-state index in [4.69, 9.17) is 6.57 Å². The van der Waals surface area contributed by atoms with Crippen LogP contribution in [0.5, 0.6) is 0 Å². The fourth-order valence-electron chi connectivity index (χ4n) is 10.0. The molecule has 0 unspecified atom stereocenters. The Hall–Kier alpha value is -2.22. The third-order valence-corrected chi connectivity index (χ3v) is 12.3. The van der Waals surface area contributed by atoms with E-state index in [1.54, 1.807) is 4.90 Å². The summed E-state index contributed by atoms with van der Waals surface area (Å²) in [5.41, 5.74) is 0.00311. The van der Waals surface area contributed by atoms with E-state index < -0.39 is 10.8 Å². The minimum absolute atomic E-state index is 0.0266. The molecule has 0 N–H and O–H groups in total. The molecule has 0 spiro atoms. The lowest BCUT2D eigenvalue weighted by Gasteiger charge is -2.68. The van der Waals surface area contributed by atoms with Crippen LogP contribution in [0, 0.1) is 57.3 Å². The molecule has 1 amide bonds. The molecule has 37 heavy (non-hydrogen) atoms. The highest BCUT2D eigenvalue weighted by atomic mass is 16.2. The van der Waals surface area contributed by atoms with Gasteiger partial charge in [0.05, 0.1) is 12.0 Å². The molecule has 5 heteroatoms. The number of rotatable bonds is 1. The Kier molecular flexibility index (Phi) is 5.64. The number of amides is 1. The maximum atomic E-state index is 14.4. The Bertz CT molecular complexity index is 1190. The quantitative estimate of drug-likeness (QED) is 0.396. The Labute approximate surface area is 222 Å². The first-order chi connectivity index (χ1) is 17.1. The van der Waals surface area contributed by atoms with Gasteiger partial charge < -0.3 is 9.69 Å². The van der Waals surface area contributed by atoms with Crippen molar-refractivity contribution in [3.8, 4) is 0 Å². The van der Waals surface area contributed by atoms with Crippen molar-refractivity contribution in [2.75, 3.05) is 14.1 Å². The minimum atomic E-state index is -0.482. The minimum Gasteiger partial charge on any atom is -0.348 e. The van der Waals surface area contributed by atoms with Crippen LogP contribution in [-0.2, 0) is 14.4 Å². The van der Waals surface area contributed by atoms with Crippen molar-refractivity contribution >= 4 is 17.5 Å². The van der Waals surface area contributed by atoms with E-state index in [1.165, 1.54) is 0 Å². The number of carbonyl (C=O) groups excluding carboxylic acids is 3. The van der Waals surface area contributed by atoms with Crippen molar-refractivity contribution < 1.29 is 14.4 Å². The Morgan fingerprint density at radius 3 is 2.27 bits per heavy atom. The molecular weight excluding hydrogens is 460 g/mol. The molecule has 3 saturated carbocycles. The highest BCUT2D eigenvalue weighted by Crippen LogP contribution is 2.73. The molecule has 5 nitrogen and oxygen atoms in total. The van der Waals surface area contributed by atoms with Gasteiger partial charge in [0, 0.05) is 31.3 Å². The van der Waals surface area contributed by atoms with Crippen molar-refractivity contribution in [3.63, 3.8) is 0 Å². The number of carbonyl (C=O) groups is 3. The molecule has 0 saturated heterocycles. The van der Waals surface area contributed by atoms with Gasteiger partial charge in [0.15, 0.2) is 11.6 Å². The molecule has 0 aromatic rings. The van der Waals surface area contributed by atoms with Gasteiger partial charge in [-0.1, -0.05) is 53.2 Å². The number of nitrogens with zero attached hydrogens (tertiary/aromatic N) is 2. The summed E-state index contributed by atoms with van der Waals surface area (Å²) < 4.78 is 0. The molecule has 5 aliphatic carbocycles. The zero-order valence-electron chi connectivity index (χ0n) is 24.0. The topological polar surface area (TPSA) is 58.8 Å². The molecule has 0 aromatic carbocycles. The number of hydrogen-bond donors (Lipinski definition) is 0. The summed E-state index contributed by atoms with van der Waals surface area (Å²) in [6.45, 7) is 21.1. The number of Topliss-reactive ketones (excluding diaryl/α,β-unsaturated/α-hetero) is 1. The third-order valence-electron chi connectivity index (χ3n) is 12.3. The van der Waals surface area contributed by atoms with Gasteiger partial charge in [0.25, 0.3) is 0 Å². The zero-order chi connectivity index (χ0) is 27.3. The fourth-order valence-corrected chi connectivity index (χ4v) is 10.0. The van der Waals surface area contributed by atoms with E-state index in [1.807, 2.05) is 33.2 Å². The highest BCUT2D eigenvalue weighted by molar-refractivity contribution is 6.01. The Morgan fingerprint density at radius 2 is 1.65 bits per heavy atom. The lowest BCUT2D eigenvalue weighted by Crippen LogP contribution is -2.66. The van der Waals surface area contributed by atoms with Gasteiger partial charge in [-0.25, -0.2) is 4.85 Å². The lowest BCUT2D eigenvalue weighted by molar-refractivity contribution is -0.182. The van der Waals surface area contributed by atoms with Crippen LogP contribution >= 0.6 is 0 Å². The van der Waals surface area contributed by atoms with Crippen LogP contribution in [-0.4, -0.2) is 36.5 Å². The molecule has 0 heterocycles. The highest BCUT2D eigenvalue weighted by Gasteiger charge is 2.70. The molecule has 0 radical (unpaired) electrons. The van der Waals surface area contributed by atoms with Crippen molar-refractivity contribution in [1.29, 1.82) is 0 Å². The maximum absolute atomic E-state index is 14.4. The van der Waals surface area contributed by atoms with Crippen LogP contribution in [0.1, 0.15) is 86.5 Å². The van der Waals surface area contributed by atoms with Crippen molar-refractivity contribution in [3.05, 3.63) is 34.8 Å². The van der Waals surface area contributed by atoms with Crippen LogP contribution < -0.4 is 0 Å². The summed E-state index contributed by atoms with van der Waals surface area (Å²) in [4.78, 5) is 46.5. The normalized spacial score (nSPS) is 46.2. The van der Waals surface area contributed by atoms with Gasteiger partial charge in [-0.3, -0.25) is 9.59 Å². The second-order valence-electron chi connectivity index (χ2n) is 14.7. The average molecular weight is 505 g/mol. The van der Waals surface area contributed by atoms with Gasteiger partial charge >= 0.3 is 0 Å². The predicted octanol–water partition coefficient (Wildman–Crippen LogP) is 6.26. The standard InChI is InChI=1S/C32H44N2O3/c1-19-20-10-11-30(5)24(29(20,4)18-22(33-7)26(19)36)16-23(35)25-21-17-28(2,3)12-14-32(21,27(37)34(8)9)15-13-31(25,30)6/h16,18-21,25H,10-15,17H2,1-6,8-9H3/t19-,20-,21-,25-,29-,30+,31+,32-/m0/s1. The summed E-state index contributed by atoms with van der Waals surface area (Å²) in [7, 11) is 3.72. The first-order valence-corrected chi connectivity index (χ1v) is 14.2. The average Bonchev–Trinajstić information content (AvgIpc) is 2.82. The summed E-state index contributed by atoms with van der Waals surface area (Å²) in [5, 5.41) is 0. The van der Waals surface area contributed by atoms with E-state index in [0.29, 0.717) is 0 Å². The van der Waals surface area contributed by atoms with E-state index in [0.717, 1.165) is 50.5 Å². The van der Waals surface area contributed by atoms with Gasteiger partial charge in [-0.2, -0.15) is 0 Å². The molecule has 8 atom stereocenters. The van der Waals surface area contributed by atoms with Crippen molar-refractivity contribution in [1.82, 2.24) is 4.90 Å². The molecule has 3 fully saturated rings. The molecule has 0 aliphatic heterocycles. The molecule has 0 aromatic heterocycles. The van der Waals surface area contributed by atoms with Gasteiger partial charge in [0.1, 0.15) is 0 Å². The maximum Gasteiger partial charge on any atom is 0.228 e. The van der Waals surface area contributed by atoms with Gasteiger partial charge in [0.2, 0.25) is 11.6 Å². The monoisotopic (exact) mass is 504 g/mol. The number of hydrogen-bond acceptors (Lipinski definition) is 3. The summed E-state index contributed by atoms with van der Waals surface area (Å²) in [5.74, 6) is 0.0250. The second-order valence-corrected chi connectivity index (χ2v) is 14.7. The van der Waals surface area contributed by atoms with E-state index in [2.05, 4.69) is 39.5 Å². The van der Waals surface area contributed by atoms with Gasteiger partial charge in [-0.15, -0.1) is 0 Å². The summed E-state index contributed by atoms with van der Waals surface area (Å²) in [6.07, 6.45) is 10.1. The van der Waals surface area contributed by atoms with E-state index in [-0.39, 0.29) is 63.1 Å². The summed E-state index contributed by atoms with van der Waals surface area (Å²) in [6, 6.07) is 0. The second kappa shape index (κ2) is 7.90. The van der Waals surface area contributed by atoms with Crippen molar-refractivity contribution in [2.24, 2.45) is 50.7 Å². The largest absolute Gasteiger partial charge is 0.348 e. The third kappa shape index (κ3) is 3.23. The van der Waals surface area contributed by atoms with Gasteiger partial charge in [-0.05, 0) is 79.1 Å². The smallest absolute Gasteiger partial charge is 0.228 e. The number of ketones is 2. The predicted molar refractivity (Wildman–Crippen MR) is 144 cm³/mol. The zero-order valence-corrected chi connectivity index (χ0v) is 24.0. The molecule has 5 aliphatic rings. The molecule has 0 bridgehead atoms. The van der Waals surface area contributed by atoms with E-state index in [9.17, 15) is 14.4 Å². The first kappa shape index (κ1) is 26.4. The SMILES string of the molecule is [C-]#[N+]C1=C[C@]2(C)C3=CC(=O)[C@@H]4[C@@H]5CC(C)(C)CC[C@]5(C(=O)N(C)C)CC[C@@]4(C)[C@]3(C)CC[C@H]2[C@H](C)C1=O. The molecule has 5 rings (SSSR count). The summed E-state index contributed by atoms with van der Waals surface area (Å²) >= 11 is 0. The van der Waals surface area contributed by atoms with Crippen LogP contribution in [0.3, 0.4) is 0 Å². The van der Waals surface area contributed by atoms with Crippen LogP contribution in [0.25, 0.3) is 4.85 Å². The Morgan fingerprint density at radius 1 is 1.00 bits per heavy atom. The number of fused-ring (bicyclic) bond motifs is 7. The fraction of sp³-hybridized carbons (Fsp3) is 0.750. The van der Waals surface area contributed by atoms with Crippen LogP contribution in [0.4, 0.5) is 0 Å². The molecule has 200 valence electrons. The van der Waals surface area contributed by atoms with E-state index >= 15 is 0 Å². The lowest BCUT2D eigenvalue weighted by atomic mass is 9.35. The van der Waals surface area contributed by atoms with Crippen LogP contribution in [0.15, 0.2) is 23.4 Å². The molecular formula is C32H44N2O3.